The molecule has 0 N–H and O–H groups in total. The fourth-order valence-electron chi connectivity index (χ4n) is 3.27. The summed E-state index contributed by atoms with van der Waals surface area (Å²) >= 11 is 0. The second kappa shape index (κ2) is 13.8. The Labute approximate surface area is 201 Å². The zero-order chi connectivity index (χ0) is 24.0. The number of ether oxygens (including phenoxy) is 3. The number of esters is 1. The summed E-state index contributed by atoms with van der Waals surface area (Å²) in [5, 5.41) is 8.39. The number of hydrogen-bond acceptors (Lipinski definition) is 6. The van der Waals surface area contributed by atoms with Crippen LogP contribution in [0.4, 0.5) is 11.4 Å². The molecule has 0 aromatic heterocycles. The lowest BCUT2D eigenvalue weighted by Crippen LogP contribution is -2.08. The van der Waals surface area contributed by atoms with E-state index in [1.54, 1.807) is 55.6 Å². The van der Waals surface area contributed by atoms with Crippen LogP contribution in [-0.2, 0) is 0 Å². The molecule has 0 aliphatic heterocycles. The molecule has 0 aliphatic rings. The van der Waals surface area contributed by atoms with Crippen LogP contribution in [0.25, 0.3) is 0 Å². The zero-order valence-corrected chi connectivity index (χ0v) is 19.9. The van der Waals surface area contributed by atoms with Crippen molar-refractivity contribution in [3.8, 4) is 17.2 Å². The van der Waals surface area contributed by atoms with Gasteiger partial charge in [-0.1, -0.05) is 39.0 Å². The summed E-state index contributed by atoms with van der Waals surface area (Å²) in [7, 11) is 1.62. The Hall–Kier alpha value is -3.67. The Morgan fingerprint density at radius 1 is 0.676 bits per heavy atom. The van der Waals surface area contributed by atoms with Crippen LogP contribution in [0.15, 0.2) is 83.0 Å². The van der Waals surface area contributed by atoms with Crippen LogP contribution < -0.4 is 14.2 Å². The molecular formula is C28H32N2O4. The van der Waals surface area contributed by atoms with Crippen molar-refractivity contribution in [3.63, 3.8) is 0 Å². The van der Waals surface area contributed by atoms with Gasteiger partial charge >= 0.3 is 5.97 Å². The number of benzene rings is 3. The first-order valence-corrected chi connectivity index (χ1v) is 11.8. The van der Waals surface area contributed by atoms with Gasteiger partial charge in [0.1, 0.15) is 17.2 Å². The third-order valence-electron chi connectivity index (χ3n) is 5.26. The molecule has 6 heteroatoms. The highest BCUT2D eigenvalue weighted by Crippen LogP contribution is 2.23. The van der Waals surface area contributed by atoms with Gasteiger partial charge in [0.05, 0.1) is 30.7 Å². The van der Waals surface area contributed by atoms with E-state index in [9.17, 15) is 4.79 Å². The minimum absolute atomic E-state index is 0.421. The number of hydrogen-bond donors (Lipinski definition) is 0. The van der Waals surface area contributed by atoms with E-state index in [0.717, 1.165) is 23.6 Å². The second-order valence-corrected chi connectivity index (χ2v) is 7.92. The highest BCUT2D eigenvalue weighted by atomic mass is 16.5. The highest BCUT2D eigenvalue weighted by Gasteiger charge is 2.09. The van der Waals surface area contributed by atoms with E-state index in [1.807, 2.05) is 24.3 Å². The molecule has 0 saturated heterocycles. The zero-order valence-electron chi connectivity index (χ0n) is 19.9. The standard InChI is InChI=1S/C28H32N2O4/c1-3-4-5-6-7-8-21-33-26-15-9-22(10-16-26)28(31)34-27-19-13-24(14-20-27)30-29-23-11-17-25(32-2)18-12-23/h9-20H,3-8,21H2,1-2H3. The van der Waals surface area contributed by atoms with Crippen LogP contribution >= 0.6 is 0 Å². The highest BCUT2D eigenvalue weighted by molar-refractivity contribution is 5.91. The maximum absolute atomic E-state index is 12.4. The van der Waals surface area contributed by atoms with Crippen molar-refractivity contribution >= 4 is 17.3 Å². The molecule has 3 aromatic rings. The summed E-state index contributed by atoms with van der Waals surface area (Å²) in [5.41, 5.74) is 1.84. The number of azo groups is 1. The van der Waals surface area contributed by atoms with Gasteiger partial charge in [0.15, 0.2) is 0 Å². The van der Waals surface area contributed by atoms with Gasteiger partial charge in [-0.2, -0.15) is 10.2 Å². The predicted octanol–water partition coefficient (Wildman–Crippen LogP) is 8.07. The third kappa shape index (κ3) is 8.35. The van der Waals surface area contributed by atoms with Crippen LogP contribution in [0, 0.1) is 0 Å². The smallest absolute Gasteiger partial charge is 0.343 e. The number of carbonyl (C=O) groups is 1. The lowest BCUT2D eigenvalue weighted by molar-refractivity contribution is 0.0734. The molecule has 3 rings (SSSR count). The van der Waals surface area contributed by atoms with Crippen LogP contribution in [0.5, 0.6) is 17.2 Å². The van der Waals surface area contributed by atoms with Crippen molar-refractivity contribution in [1.29, 1.82) is 0 Å². The van der Waals surface area contributed by atoms with E-state index in [1.165, 1.54) is 32.1 Å². The molecule has 6 nitrogen and oxygen atoms in total. The van der Waals surface area contributed by atoms with Crippen LogP contribution in [-0.4, -0.2) is 19.7 Å². The monoisotopic (exact) mass is 460 g/mol. The quantitative estimate of drug-likeness (QED) is 0.112. The van der Waals surface area contributed by atoms with Crippen LogP contribution in [0.2, 0.25) is 0 Å². The minimum atomic E-state index is -0.421. The van der Waals surface area contributed by atoms with Gasteiger partial charge in [-0.05, 0) is 79.2 Å². The molecular weight excluding hydrogens is 428 g/mol. The van der Waals surface area contributed by atoms with Crippen molar-refractivity contribution in [2.24, 2.45) is 10.2 Å². The normalized spacial score (nSPS) is 10.9. The van der Waals surface area contributed by atoms with Gasteiger partial charge < -0.3 is 14.2 Å². The Bertz CT molecular complexity index is 1030. The third-order valence-corrected chi connectivity index (χ3v) is 5.26. The average molecular weight is 461 g/mol. The van der Waals surface area contributed by atoms with Gasteiger partial charge in [-0.25, -0.2) is 4.79 Å². The van der Waals surface area contributed by atoms with Crippen LogP contribution in [0.1, 0.15) is 55.8 Å². The number of nitrogens with zero attached hydrogens (tertiary/aromatic N) is 2. The summed E-state index contributed by atoms with van der Waals surface area (Å²) in [5.74, 6) is 1.55. The summed E-state index contributed by atoms with van der Waals surface area (Å²) in [4.78, 5) is 12.4. The molecule has 178 valence electrons. The largest absolute Gasteiger partial charge is 0.497 e. The molecule has 0 fully saturated rings. The number of carbonyl (C=O) groups excluding carboxylic acids is 1. The van der Waals surface area contributed by atoms with E-state index >= 15 is 0 Å². The number of rotatable bonds is 13. The van der Waals surface area contributed by atoms with Gasteiger partial charge in [0.25, 0.3) is 0 Å². The Morgan fingerprint density at radius 2 is 1.21 bits per heavy atom. The van der Waals surface area contributed by atoms with Crippen molar-refractivity contribution in [1.82, 2.24) is 0 Å². The van der Waals surface area contributed by atoms with E-state index in [0.29, 0.717) is 23.6 Å². The summed E-state index contributed by atoms with van der Waals surface area (Å²) < 4.78 is 16.4. The molecule has 3 aromatic carbocycles. The molecule has 0 atom stereocenters. The summed E-state index contributed by atoms with van der Waals surface area (Å²) in [6.45, 7) is 2.91. The van der Waals surface area contributed by atoms with E-state index in [4.69, 9.17) is 14.2 Å². The van der Waals surface area contributed by atoms with Crippen molar-refractivity contribution in [3.05, 3.63) is 78.4 Å². The molecule has 0 radical (unpaired) electrons. The molecule has 0 amide bonds. The molecule has 0 spiro atoms. The molecule has 34 heavy (non-hydrogen) atoms. The van der Waals surface area contributed by atoms with Crippen molar-refractivity contribution < 1.29 is 19.0 Å². The van der Waals surface area contributed by atoms with Gasteiger partial charge in [0, 0.05) is 0 Å². The summed E-state index contributed by atoms with van der Waals surface area (Å²) in [6, 6.07) is 21.2. The fraction of sp³-hybridized carbons (Fsp3) is 0.321. The lowest BCUT2D eigenvalue weighted by Gasteiger charge is -2.08. The molecule has 0 unspecified atom stereocenters. The van der Waals surface area contributed by atoms with E-state index in [-0.39, 0.29) is 0 Å². The van der Waals surface area contributed by atoms with Crippen molar-refractivity contribution in [2.75, 3.05) is 13.7 Å². The molecule has 0 saturated carbocycles. The maximum atomic E-state index is 12.4. The fourth-order valence-corrected chi connectivity index (χ4v) is 3.27. The average Bonchev–Trinajstić information content (AvgIpc) is 2.88. The molecule has 0 bridgehead atoms. The number of methoxy groups -OCH3 is 1. The molecule has 0 heterocycles. The first kappa shape index (κ1) is 25.0. The lowest BCUT2D eigenvalue weighted by atomic mass is 10.1. The Morgan fingerprint density at radius 3 is 1.79 bits per heavy atom. The Balaban J connectivity index is 1.44. The maximum Gasteiger partial charge on any atom is 0.343 e. The second-order valence-electron chi connectivity index (χ2n) is 7.92. The van der Waals surface area contributed by atoms with Crippen LogP contribution in [0.3, 0.4) is 0 Å². The molecule has 0 aliphatic carbocycles. The number of unbranched alkanes of at least 4 members (excludes halogenated alkanes) is 5. The predicted molar refractivity (Wildman–Crippen MR) is 134 cm³/mol. The first-order chi connectivity index (χ1) is 16.7. The van der Waals surface area contributed by atoms with Gasteiger partial charge in [-0.15, -0.1) is 0 Å². The van der Waals surface area contributed by atoms with E-state index < -0.39 is 5.97 Å². The topological polar surface area (TPSA) is 69.5 Å². The SMILES string of the molecule is CCCCCCCCOc1ccc(C(=O)Oc2ccc(N=Nc3ccc(OC)cc3)cc2)cc1. The first-order valence-electron chi connectivity index (χ1n) is 11.8. The summed E-state index contributed by atoms with van der Waals surface area (Å²) in [6.07, 6.45) is 7.35. The van der Waals surface area contributed by atoms with Gasteiger partial charge in [-0.3, -0.25) is 0 Å². The van der Waals surface area contributed by atoms with Crippen molar-refractivity contribution in [2.45, 2.75) is 45.4 Å². The van der Waals surface area contributed by atoms with Gasteiger partial charge in [0.2, 0.25) is 0 Å². The minimum Gasteiger partial charge on any atom is -0.497 e. The Kier molecular flexibility index (Phi) is 10.1. The van der Waals surface area contributed by atoms with E-state index in [2.05, 4.69) is 17.2 Å².